The minimum atomic E-state index is -3.75. The molecule has 1 fully saturated rings. The molecule has 1 saturated heterocycles. The summed E-state index contributed by atoms with van der Waals surface area (Å²) in [7, 11) is -3.75. The first-order valence-electron chi connectivity index (χ1n) is 9.42. The van der Waals surface area contributed by atoms with Crippen molar-refractivity contribution in [2.24, 2.45) is 0 Å². The van der Waals surface area contributed by atoms with E-state index in [4.69, 9.17) is 0 Å². The van der Waals surface area contributed by atoms with E-state index in [-0.39, 0.29) is 20.8 Å². The monoisotopic (exact) mass is 461 g/mol. The molecule has 9 nitrogen and oxygen atoms in total. The number of phenolic OH excluding ortho intramolecular Hbond substituents is 1. The second-order valence-corrected chi connectivity index (χ2v) is 9.60. The van der Waals surface area contributed by atoms with Gasteiger partial charge in [-0.2, -0.15) is 0 Å². The Kier molecular flexibility index (Phi) is 4.63. The van der Waals surface area contributed by atoms with Crippen LogP contribution in [0.25, 0.3) is 11.0 Å². The number of carbonyl (C=O) groups excluding carboxylic acids is 1. The third kappa shape index (κ3) is 3.41. The van der Waals surface area contributed by atoms with E-state index in [0.29, 0.717) is 34.8 Å². The molecule has 0 radical (unpaired) electrons. The molecule has 5 rings (SSSR count). The number of anilines is 2. The number of thiazole rings is 1. The van der Waals surface area contributed by atoms with Gasteiger partial charge in [-0.05, 0) is 42.8 Å². The first kappa shape index (κ1) is 19.5. The predicted octanol–water partition coefficient (Wildman–Crippen LogP) is 3.72. The van der Waals surface area contributed by atoms with Crippen molar-refractivity contribution in [2.45, 2.75) is 17.4 Å². The lowest BCUT2D eigenvalue weighted by molar-refractivity contribution is -0.119. The van der Waals surface area contributed by atoms with Crippen molar-refractivity contribution in [3.63, 3.8) is 0 Å². The number of hydrogen-bond donors (Lipinski definition) is 2. The number of benzene rings is 2. The lowest BCUT2D eigenvalue weighted by Crippen LogP contribution is -2.28. The van der Waals surface area contributed by atoms with Crippen LogP contribution in [0.4, 0.5) is 10.8 Å². The van der Waals surface area contributed by atoms with Gasteiger partial charge in [-0.1, -0.05) is 6.07 Å². The van der Waals surface area contributed by atoms with Crippen molar-refractivity contribution in [2.75, 3.05) is 16.2 Å². The third-order valence-corrected chi connectivity index (χ3v) is 7.38. The average Bonchev–Trinajstić information content (AvgIpc) is 3.48. The van der Waals surface area contributed by atoms with Gasteiger partial charge in [0.25, 0.3) is 10.0 Å². The van der Waals surface area contributed by atoms with Crippen LogP contribution in [0, 0.1) is 0 Å². The Labute approximate surface area is 186 Å². The zero-order valence-electron chi connectivity index (χ0n) is 16.0. The van der Waals surface area contributed by atoms with E-state index in [9.17, 15) is 18.3 Å². The molecule has 0 bridgehead atoms. The number of phenols is 1. The maximum Gasteiger partial charge on any atom is 0.263 e. The Morgan fingerprint density at radius 2 is 1.97 bits per heavy atom. The molecule has 0 unspecified atom stereocenters. The second-order valence-electron chi connectivity index (χ2n) is 7.03. The van der Waals surface area contributed by atoms with Gasteiger partial charge in [-0.15, -0.1) is 11.3 Å². The van der Waals surface area contributed by atoms with Crippen molar-refractivity contribution in [3.05, 3.63) is 60.4 Å². The second kappa shape index (κ2) is 7.36. The number of rotatable bonds is 5. The van der Waals surface area contributed by atoms with E-state index in [1.165, 1.54) is 29.7 Å². The highest BCUT2D eigenvalue weighted by Crippen LogP contribution is 2.33. The number of nitrogens with zero attached hydrogens (tertiary/aromatic N) is 4. The number of aromatic hydroxyl groups is 1. The highest BCUT2D eigenvalue weighted by atomic mass is 32.2. The summed E-state index contributed by atoms with van der Waals surface area (Å²) in [5, 5.41) is 11.9. The largest absolute Gasteiger partial charge is 0.506 e. The van der Waals surface area contributed by atoms with Gasteiger partial charge in [0.2, 0.25) is 5.91 Å². The Balaban J connectivity index is 0.00000136. The molecule has 4 aromatic rings. The zero-order chi connectivity index (χ0) is 21.6. The van der Waals surface area contributed by atoms with E-state index in [1.54, 1.807) is 45.4 Å². The van der Waals surface area contributed by atoms with Crippen LogP contribution in [0.2, 0.25) is 0 Å². The van der Waals surface area contributed by atoms with Crippen molar-refractivity contribution in [3.8, 4) is 5.75 Å². The number of nitrogens with one attached hydrogen (secondary N) is 1. The number of aromatic nitrogens is 3. The molecule has 1 atom stereocenters. The summed E-state index contributed by atoms with van der Waals surface area (Å²) in [6.45, 7) is 0.492. The molecule has 31 heavy (non-hydrogen) atoms. The lowest BCUT2D eigenvalue weighted by atomic mass is 10.2. The molecule has 11 heteroatoms. The molecule has 1 aliphatic heterocycles. The average molecular weight is 462 g/mol. The molecule has 1 amide bonds. The first-order chi connectivity index (χ1) is 14.9. The Morgan fingerprint density at radius 1 is 1.16 bits per heavy atom. The van der Waals surface area contributed by atoms with Crippen molar-refractivity contribution >= 4 is 49.1 Å². The van der Waals surface area contributed by atoms with Crippen molar-refractivity contribution in [1.82, 2.24) is 14.5 Å². The van der Waals surface area contributed by atoms with Gasteiger partial charge in [0.05, 0.1) is 16.7 Å². The quantitative estimate of drug-likeness (QED) is 0.468. The highest BCUT2D eigenvalue weighted by Gasteiger charge is 2.34. The van der Waals surface area contributed by atoms with Gasteiger partial charge in [0.1, 0.15) is 17.3 Å². The molecule has 2 aromatic heterocycles. The lowest BCUT2D eigenvalue weighted by Gasteiger charge is -2.18. The fourth-order valence-corrected chi connectivity index (χ4v) is 5.51. The summed E-state index contributed by atoms with van der Waals surface area (Å²) < 4.78 is 29.2. The third-order valence-electron chi connectivity index (χ3n) is 5.21. The van der Waals surface area contributed by atoms with Gasteiger partial charge >= 0.3 is 0 Å². The zero-order valence-corrected chi connectivity index (χ0v) is 17.7. The molecule has 0 aliphatic carbocycles. The fraction of sp³-hybridized carbons (Fsp3) is 0.150. The smallest absolute Gasteiger partial charge is 0.263 e. The normalized spacial score (nSPS) is 16.8. The van der Waals surface area contributed by atoms with Crippen LogP contribution < -0.4 is 9.62 Å². The number of imidazole rings is 1. The van der Waals surface area contributed by atoms with Crippen LogP contribution in [0.15, 0.2) is 65.3 Å². The van der Waals surface area contributed by atoms with Gasteiger partial charge in [0, 0.05) is 28.1 Å². The Morgan fingerprint density at radius 3 is 2.71 bits per heavy atom. The predicted molar refractivity (Wildman–Crippen MR) is 123 cm³/mol. The topological polar surface area (TPSA) is 117 Å². The van der Waals surface area contributed by atoms with Crippen molar-refractivity contribution in [1.29, 1.82) is 0 Å². The number of sulfonamides is 1. The number of fused-ring (bicyclic) bond motifs is 1. The van der Waals surface area contributed by atoms with Crippen LogP contribution in [0.3, 0.4) is 0 Å². The number of carbonyl (C=O) groups is 1. The molecule has 164 valence electrons. The van der Waals surface area contributed by atoms with Crippen LogP contribution in [-0.4, -0.2) is 40.5 Å². The molecule has 2 aromatic carbocycles. The van der Waals surface area contributed by atoms with Crippen molar-refractivity contribution < 1.29 is 22.6 Å². The molecular weight excluding hydrogens is 438 g/mol. The maximum absolute atomic E-state index is 13.1. The van der Waals surface area contributed by atoms with E-state index >= 15 is 0 Å². The number of para-hydroxylation sites is 1. The van der Waals surface area contributed by atoms with Crippen LogP contribution in [0.1, 0.15) is 16.7 Å². The van der Waals surface area contributed by atoms with E-state index in [1.807, 2.05) is 6.07 Å². The van der Waals surface area contributed by atoms with Gasteiger partial charge < -0.3 is 14.6 Å². The number of hydrogen-bond acceptors (Lipinski definition) is 7. The van der Waals surface area contributed by atoms with Crippen LogP contribution >= 0.6 is 11.3 Å². The Bertz CT molecular complexity index is 1380. The molecule has 1 aliphatic rings. The summed E-state index contributed by atoms with van der Waals surface area (Å²) in [6, 6.07) is 10.8. The Hall–Kier alpha value is -3.44. The highest BCUT2D eigenvalue weighted by molar-refractivity contribution is 7.93. The SMILES string of the molecule is O=C1[C@@H](n2cnc3c(O)cccc32)CCN1c1ccc(S(=O)(=O)Nc2nccs2)cc1.[HH].[HH].[HH]. The summed E-state index contributed by atoms with van der Waals surface area (Å²) in [5.74, 6) is -0.0409. The van der Waals surface area contributed by atoms with Gasteiger partial charge in [-0.3, -0.25) is 9.52 Å². The maximum atomic E-state index is 13.1. The standard InChI is InChI=1S/C20H17N5O4S2.3H2/c26-17-3-1-2-15-18(17)22-12-25(15)16-8-10-24(19(16)27)13-4-6-14(7-5-13)31(28,29)23-20-21-9-11-30-20;;;/h1-7,9,11-12,16,26H,8,10H2,(H,21,23);3*1H/t16-;;;/m0.../s1. The van der Waals surface area contributed by atoms with Crippen LogP contribution in [-0.2, 0) is 14.8 Å². The number of amides is 1. The van der Waals surface area contributed by atoms with E-state index in [0.717, 1.165) is 0 Å². The fourth-order valence-electron chi connectivity index (χ4n) is 3.72. The summed E-state index contributed by atoms with van der Waals surface area (Å²) in [4.78, 5) is 23.0. The molecule has 3 heterocycles. The minimum Gasteiger partial charge on any atom is -0.506 e. The van der Waals surface area contributed by atoms with Gasteiger partial charge in [0.15, 0.2) is 5.13 Å². The molecule has 0 saturated carbocycles. The molecular formula is C20H23N5O4S2. The van der Waals surface area contributed by atoms with Gasteiger partial charge in [-0.25, -0.2) is 18.4 Å². The molecule has 2 N–H and O–H groups in total. The summed E-state index contributed by atoms with van der Waals surface area (Å²) >= 11 is 1.19. The minimum absolute atomic E-state index is 0. The van der Waals surface area contributed by atoms with E-state index < -0.39 is 16.1 Å². The summed E-state index contributed by atoms with van der Waals surface area (Å²) in [6.07, 6.45) is 3.66. The van der Waals surface area contributed by atoms with Crippen LogP contribution in [0.5, 0.6) is 5.75 Å². The van der Waals surface area contributed by atoms with E-state index in [2.05, 4.69) is 14.7 Å². The molecule has 0 spiro atoms. The first-order valence-corrected chi connectivity index (χ1v) is 11.8. The summed E-state index contributed by atoms with van der Waals surface area (Å²) in [5.41, 5.74) is 1.76.